The average molecular weight is 602 g/mol. The SMILES string of the molecule is CCCCNC(=O)[C@@H](CC)N(Cc1ccc(F)cc1)C(=O)CN(c1ccc(Cl)cc1C)S(=O)(=O)c1ccc(C)cc1. The van der Waals surface area contributed by atoms with Gasteiger partial charge in [-0.15, -0.1) is 0 Å². The van der Waals surface area contributed by atoms with Gasteiger partial charge in [0.1, 0.15) is 18.4 Å². The zero-order chi connectivity index (χ0) is 30.2. The minimum Gasteiger partial charge on any atom is -0.354 e. The van der Waals surface area contributed by atoms with Crippen molar-refractivity contribution in [1.82, 2.24) is 10.2 Å². The largest absolute Gasteiger partial charge is 0.354 e. The topological polar surface area (TPSA) is 86.8 Å². The molecule has 3 rings (SSSR count). The lowest BCUT2D eigenvalue weighted by Crippen LogP contribution is -2.52. The molecule has 10 heteroatoms. The van der Waals surface area contributed by atoms with Crippen LogP contribution in [0.15, 0.2) is 71.6 Å². The first-order valence-electron chi connectivity index (χ1n) is 13.6. The summed E-state index contributed by atoms with van der Waals surface area (Å²) in [5, 5.41) is 3.32. The van der Waals surface area contributed by atoms with Crippen LogP contribution in [-0.4, -0.2) is 44.3 Å². The van der Waals surface area contributed by atoms with Crippen molar-refractivity contribution < 1.29 is 22.4 Å². The quantitative estimate of drug-likeness (QED) is 0.243. The number of hydrogen-bond donors (Lipinski definition) is 1. The van der Waals surface area contributed by atoms with Gasteiger partial charge in [0.05, 0.1) is 10.6 Å². The maximum Gasteiger partial charge on any atom is 0.264 e. The van der Waals surface area contributed by atoms with Crippen LogP contribution in [0.25, 0.3) is 0 Å². The molecule has 41 heavy (non-hydrogen) atoms. The predicted molar refractivity (Wildman–Crippen MR) is 161 cm³/mol. The summed E-state index contributed by atoms with van der Waals surface area (Å²) in [5.74, 6) is -1.33. The molecule has 0 fully saturated rings. The Bertz CT molecular complexity index is 1450. The molecular formula is C31H37ClFN3O4S. The van der Waals surface area contributed by atoms with Crippen molar-refractivity contribution >= 4 is 39.1 Å². The van der Waals surface area contributed by atoms with Crippen LogP contribution in [0.3, 0.4) is 0 Å². The zero-order valence-electron chi connectivity index (χ0n) is 23.9. The lowest BCUT2D eigenvalue weighted by molar-refractivity contribution is -0.140. The molecule has 3 aromatic rings. The highest BCUT2D eigenvalue weighted by molar-refractivity contribution is 7.92. The van der Waals surface area contributed by atoms with E-state index in [0.717, 1.165) is 22.7 Å². The maximum absolute atomic E-state index is 14.1. The van der Waals surface area contributed by atoms with Gasteiger partial charge < -0.3 is 10.2 Å². The Morgan fingerprint density at radius 3 is 2.22 bits per heavy atom. The van der Waals surface area contributed by atoms with Gasteiger partial charge in [0, 0.05) is 18.1 Å². The lowest BCUT2D eigenvalue weighted by Gasteiger charge is -2.33. The number of carbonyl (C=O) groups is 2. The monoisotopic (exact) mass is 601 g/mol. The van der Waals surface area contributed by atoms with Crippen LogP contribution in [-0.2, 0) is 26.2 Å². The fourth-order valence-electron chi connectivity index (χ4n) is 4.46. The van der Waals surface area contributed by atoms with Gasteiger partial charge in [-0.3, -0.25) is 13.9 Å². The molecule has 1 N–H and O–H groups in total. The molecule has 0 saturated carbocycles. The summed E-state index contributed by atoms with van der Waals surface area (Å²) in [5.41, 5.74) is 2.36. The summed E-state index contributed by atoms with van der Waals surface area (Å²) in [6, 6.07) is 15.9. The van der Waals surface area contributed by atoms with Crippen molar-refractivity contribution in [2.75, 3.05) is 17.4 Å². The molecule has 0 unspecified atom stereocenters. The standard InChI is InChI=1S/C31H37ClFN3O4S/c1-5-7-18-34-31(38)28(6-2)35(20-24-10-13-26(33)14-11-24)30(37)21-36(29-17-12-25(32)19-23(29)4)41(39,40)27-15-8-22(3)9-16-27/h8-17,19,28H,5-7,18,20-21H2,1-4H3,(H,34,38)/t28-/m1/s1. The Morgan fingerprint density at radius 1 is 0.976 bits per heavy atom. The van der Waals surface area contributed by atoms with E-state index in [4.69, 9.17) is 11.6 Å². The number of sulfonamides is 1. The molecular weight excluding hydrogens is 565 g/mol. The number of aryl methyl sites for hydroxylation is 2. The fraction of sp³-hybridized carbons (Fsp3) is 0.355. The highest BCUT2D eigenvalue weighted by Gasteiger charge is 2.34. The minimum atomic E-state index is -4.19. The summed E-state index contributed by atoms with van der Waals surface area (Å²) in [6.45, 7) is 7.27. The van der Waals surface area contributed by atoms with Crippen LogP contribution in [0.4, 0.5) is 10.1 Å². The summed E-state index contributed by atoms with van der Waals surface area (Å²) < 4.78 is 42.7. The smallest absolute Gasteiger partial charge is 0.264 e. The van der Waals surface area contributed by atoms with Gasteiger partial charge in [-0.1, -0.05) is 61.7 Å². The number of rotatable bonds is 13. The summed E-state index contributed by atoms with van der Waals surface area (Å²) in [7, 11) is -4.19. The summed E-state index contributed by atoms with van der Waals surface area (Å²) >= 11 is 6.16. The van der Waals surface area contributed by atoms with Gasteiger partial charge in [0.15, 0.2) is 0 Å². The zero-order valence-corrected chi connectivity index (χ0v) is 25.4. The number of nitrogens with one attached hydrogen (secondary N) is 1. The first kappa shape index (κ1) is 32.1. The van der Waals surface area contributed by atoms with Crippen LogP contribution in [0, 0.1) is 19.7 Å². The second-order valence-electron chi connectivity index (χ2n) is 9.97. The molecule has 3 aromatic carbocycles. The Kier molecular flexibility index (Phi) is 11.3. The van der Waals surface area contributed by atoms with Crippen molar-refractivity contribution in [3.63, 3.8) is 0 Å². The normalized spacial score (nSPS) is 12.0. The number of anilines is 1. The Hall–Kier alpha value is -3.43. The van der Waals surface area contributed by atoms with Crippen LogP contribution in [0.5, 0.6) is 0 Å². The highest BCUT2D eigenvalue weighted by atomic mass is 35.5. The Morgan fingerprint density at radius 2 is 1.63 bits per heavy atom. The van der Waals surface area contributed by atoms with E-state index >= 15 is 0 Å². The van der Waals surface area contributed by atoms with Crippen molar-refractivity contribution in [1.29, 1.82) is 0 Å². The minimum absolute atomic E-state index is 0.00314. The predicted octanol–water partition coefficient (Wildman–Crippen LogP) is 6.01. The van der Waals surface area contributed by atoms with E-state index in [1.165, 1.54) is 29.2 Å². The van der Waals surface area contributed by atoms with Gasteiger partial charge in [-0.05, 0) is 80.3 Å². The number of hydrogen-bond acceptors (Lipinski definition) is 4. The second-order valence-corrected chi connectivity index (χ2v) is 12.3. The molecule has 0 saturated heterocycles. The number of amides is 2. The van der Waals surface area contributed by atoms with Crippen LogP contribution in [0.2, 0.25) is 5.02 Å². The van der Waals surface area contributed by atoms with E-state index in [-0.39, 0.29) is 17.3 Å². The molecule has 1 atom stereocenters. The van der Waals surface area contributed by atoms with Gasteiger partial charge in [0.25, 0.3) is 10.0 Å². The number of benzene rings is 3. The third-order valence-corrected chi connectivity index (χ3v) is 8.81. The summed E-state index contributed by atoms with van der Waals surface area (Å²) in [6.07, 6.45) is 1.98. The Balaban J connectivity index is 2.06. The van der Waals surface area contributed by atoms with Crippen LogP contribution in [0.1, 0.15) is 49.8 Å². The van der Waals surface area contributed by atoms with Crippen molar-refractivity contribution in [3.05, 3.63) is 94.3 Å². The molecule has 0 bridgehead atoms. The Labute approximate surface area is 247 Å². The molecule has 0 aliphatic rings. The molecule has 220 valence electrons. The van der Waals surface area contributed by atoms with Gasteiger partial charge in [-0.25, -0.2) is 12.8 Å². The third kappa shape index (κ3) is 8.30. The molecule has 0 radical (unpaired) electrons. The third-order valence-electron chi connectivity index (χ3n) is 6.80. The molecule has 0 aliphatic carbocycles. The maximum atomic E-state index is 14.1. The number of unbranched alkanes of at least 4 members (excludes halogenated alkanes) is 1. The fourth-order valence-corrected chi connectivity index (χ4v) is 6.17. The number of carbonyl (C=O) groups excluding carboxylic acids is 2. The van der Waals surface area contributed by atoms with Crippen LogP contribution >= 0.6 is 11.6 Å². The lowest BCUT2D eigenvalue weighted by atomic mass is 10.1. The van der Waals surface area contributed by atoms with E-state index < -0.39 is 34.3 Å². The van der Waals surface area contributed by atoms with E-state index in [1.807, 2.05) is 13.8 Å². The second kappa shape index (κ2) is 14.5. The first-order valence-corrected chi connectivity index (χ1v) is 15.5. The average Bonchev–Trinajstić information content (AvgIpc) is 2.93. The van der Waals surface area contributed by atoms with Gasteiger partial charge in [0.2, 0.25) is 11.8 Å². The molecule has 2 amide bonds. The summed E-state index contributed by atoms with van der Waals surface area (Å²) in [4.78, 5) is 28.7. The number of halogens is 2. The highest BCUT2D eigenvalue weighted by Crippen LogP contribution is 2.29. The van der Waals surface area contributed by atoms with E-state index in [9.17, 15) is 22.4 Å². The van der Waals surface area contributed by atoms with Crippen molar-refractivity contribution in [2.24, 2.45) is 0 Å². The first-order chi connectivity index (χ1) is 19.5. The molecule has 7 nitrogen and oxygen atoms in total. The number of nitrogens with zero attached hydrogens (tertiary/aromatic N) is 2. The van der Waals surface area contributed by atoms with Crippen molar-refractivity contribution in [2.45, 2.75) is 64.4 Å². The van der Waals surface area contributed by atoms with E-state index in [0.29, 0.717) is 34.8 Å². The van der Waals surface area contributed by atoms with Gasteiger partial charge >= 0.3 is 0 Å². The molecule has 0 heterocycles. The van der Waals surface area contributed by atoms with Crippen LogP contribution < -0.4 is 9.62 Å². The van der Waals surface area contributed by atoms with E-state index in [1.54, 1.807) is 56.3 Å². The molecule has 0 aliphatic heterocycles. The molecule has 0 spiro atoms. The van der Waals surface area contributed by atoms with E-state index in [2.05, 4.69) is 5.32 Å². The van der Waals surface area contributed by atoms with Crippen molar-refractivity contribution in [3.8, 4) is 0 Å². The molecule has 0 aromatic heterocycles. The van der Waals surface area contributed by atoms with Gasteiger partial charge in [-0.2, -0.15) is 0 Å².